The fraction of sp³-hybridized carbons (Fsp3) is 0.778. The molecule has 1 atom stereocenters. The van der Waals surface area contributed by atoms with Crippen LogP contribution in [0.3, 0.4) is 0 Å². The summed E-state index contributed by atoms with van der Waals surface area (Å²) in [5.41, 5.74) is 2.31. The first-order valence-electron chi connectivity index (χ1n) is 9.42. The minimum absolute atomic E-state index is 0.0715. The minimum Gasteiger partial charge on any atom is -0.337 e. The van der Waals surface area contributed by atoms with E-state index in [-0.39, 0.29) is 11.9 Å². The molecule has 0 saturated carbocycles. The molecule has 1 aliphatic carbocycles. The first-order chi connectivity index (χ1) is 12.2. The normalized spacial score (nSPS) is 20.7. The fourth-order valence-electron chi connectivity index (χ4n) is 3.86. The average Bonchev–Trinajstić information content (AvgIpc) is 3.19. The number of halogens is 3. The molecule has 1 fully saturated rings. The van der Waals surface area contributed by atoms with Crippen LogP contribution >= 0.6 is 0 Å². The van der Waals surface area contributed by atoms with E-state index in [0.29, 0.717) is 30.9 Å². The van der Waals surface area contributed by atoms with Crippen molar-refractivity contribution >= 4 is 5.91 Å². The van der Waals surface area contributed by atoms with Gasteiger partial charge in [0.05, 0.1) is 6.54 Å². The molecule has 1 saturated heterocycles. The van der Waals surface area contributed by atoms with Gasteiger partial charge in [-0.25, -0.2) is 0 Å². The molecule has 1 aromatic rings. The minimum atomic E-state index is -4.23. The number of fused-ring (bicyclic) bond motifs is 1. The molecule has 26 heavy (non-hydrogen) atoms. The van der Waals surface area contributed by atoms with E-state index >= 15 is 0 Å². The van der Waals surface area contributed by atoms with E-state index in [0.717, 1.165) is 43.7 Å². The third-order valence-corrected chi connectivity index (χ3v) is 5.07. The van der Waals surface area contributed by atoms with Crippen molar-refractivity contribution < 1.29 is 18.0 Å². The van der Waals surface area contributed by atoms with Gasteiger partial charge in [0.15, 0.2) is 5.69 Å². The summed E-state index contributed by atoms with van der Waals surface area (Å²) in [7, 11) is 0. The monoisotopic (exact) mass is 372 g/mol. The van der Waals surface area contributed by atoms with Crippen molar-refractivity contribution in [1.82, 2.24) is 20.0 Å². The molecule has 146 valence electrons. The molecule has 0 radical (unpaired) electrons. The Kier molecular flexibility index (Phi) is 5.60. The predicted molar refractivity (Wildman–Crippen MR) is 92.1 cm³/mol. The van der Waals surface area contributed by atoms with Crippen LogP contribution in [0.4, 0.5) is 13.2 Å². The van der Waals surface area contributed by atoms with Crippen LogP contribution in [0.5, 0.6) is 0 Å². The van der Waals surface area contributed by atoms with Gasteiger partial charge in [-0.1, -0.05) is 13.8 Å². The average molecular weight is 372 g/mol. The van der Waals surface area contributed by atoms with E-state index in [2.05, 4.69) is 24.3 Å². The molecule has 2 aliphatic rings. The molecule has 1 amide bonds. The van der Waals surface area contributed by atoms with Crippen LogP contribution in [0.25, 0.3) is 0 Å². The maximum atomic E-state index is 12.9. The van der Waals surface area contributed by atoms with Gasteiger partial charge in [0.1, 0.15) is 0 Å². The van der Waals surface area contributed by atoms with Gasteiger partial charge < -0.3 is 10.2 Å². The zero-order chi connectivity index (χ0) is 18.9. The van der Waals surface area contributed by atoms with Crippen molar-refractivity contribution in [3.05, 3.63) is 17.0 Å². The van der Waals surface area contributed by atoms with Crippen molar-refractivity contribution in [2.45, 2.75) is 64.7 Å². The Morgan fingerprint density at radius 2 is 2.00 bits per heavy atom. The van der Waals surface area contributed by atoms with E-state index < -0.39 is 12.7 Å². The lowest BCUT2D eigenvalue weighted by Gasteiger charge is -2.25. The first-order valence-corrected chi connectivity index (χ1v) is 9.42. The molecular formula is C18H27F3N4O. The van der Waals surface area contributed by atoms with Gasteiger partial charge in [0.25, 0.3) is 5.91 Å². The molecule has 0 bridgehead atoms. The number of nitrogens with one attached hydrogen (secondary N) is 1. The highest BCUT2D eigenvalue weighted by Gasteiger charge is 2.34. The van der Waals surface area contributed by atoms with Crippen molar-refractivity contribution in [3.63, 3.8) is 0 Å². The molecule has 3 rings (SSSR count). The van der Waals surface area contributed by atoms with Crippen molar-refractivity contribution in [3.8, 4) is 0 Å². The second kappa shape index (κ2) is 7.58. The van der Waals surface area contributed by atoms with Crippen LogP contribution in [-0.4, -0.2) is 52.4 Å². The maximum absolute atomic E-state index is 12.9. The first kappa shape index (κ1) is 19.2. The SMILES string of the molecule is CC(C)Cn1nc(C(=O)N2CCCC2)c2c1CCC(NCC(F)(F)F)C2. The highest BCUT2D eigenvalue weighted by molar-refractivity contribution is 5.94. The predicted octanol–water partition coefficient (Wildman–Crippen LogP) is 2.78. The van der Waals surface area contributed by atoms with Crippen LogP contribution in [0.1, 0.15) is 54.9 Å². The zero-order valence-corrected chi connectivity index (χ0v) is 15.4. The number of hydrogen-bond acceptors (Lipinski definition) is 3. The Bertz CT molecular complexity index is 648. The molecule has 2 heterocycles. The molecule has 1 aromatic heterocycles. The Labute approximate surface area is 151 Å². The van der Waals surface area contributed by atoms with E-state index in [1.54, 1.807) is 0 Å². The fourth-order valence-corrected chi connectivity index (χ4v) is 3.86. The van der Waals surface area contributed by atoms with Gasteiger partial charge in [0.2, 0.25) is 0 Å². The number of aromatic nitrogens is 2. The molecule has 0 aromatic carbocycles. The number of rotatable bonds is 5. The number of likely N-dealkylation sites (tertiary alicyclic amines) is 1. The van der Waals surface area contributed by atoms with Crippen molar-refractivity contribution in [1.29, 1.82) is 0 Å². The quantitative estimate of drug-likeness (QED) is 0.865. The Morgan fingerprint density at radius 3 is 2.62 bits per heavy atom. The third-order valence-electron chi connectivity index (χ3n) is 5.07. The maximum Gasteiger partial charge on any atom is 0.401 e. The third kappa shape index (κ3) is 4.39. The Balaban J connectivity index is 1.83. The van der Waals surface area contributed by atoms with Gasteiger partial charge in [-0.2, -0.15) is 18.3 Å². The molecule has 8 heteroatoms. The van der Waals surface area contributed by atoms with Crippen LogP contribution in [0.2, 0.25) is 0 Å². The van der Waals surface area contributed by atoms with E-state index in [1.165, 1.54) is 0 Å². The van der Waals surface area contributed by atoms with Crippen LogP contribution < -0.4 is 5.32 Å². The van der Waals surface area contributed by atoms with E-state index in [1.807, 2.05) is 9.58 Å². The largest absolute Gasteiger partial charge is 0.401 e. The lowest BCUT2D eigenvalue weighted by molar-refractivity contribution is -0.126. The van der Waals surface area contributed by atoms with Gasteiger partial charge in [-0.05, 0) is 38.0 Å². The van der Waals surface area contributed by atoms with Crippen molar-refractivity contribution in [2.24, 2.45) is 5.92 Å². The smallest absolute Gasteiger partial charge is 0.337 e. The summed E-state index contributed by atoms with van der Waals surface area (Å²) < 4.78 is 39.5. The zero-order valence-electron chi connectivity index (χ0n) is 15.4. The second-order valence-corrected chi connectivity index (χ2v) is 7.78. The molecule has 1 unspecified atom stereocenters. The number of hydrogen-bond donors (Lipinski definition) is 1. The van der Waals surface area contributed by atoms with E-state index in [4.69, 9.17) is 0 Å². The number of alkyl halides is 3. The number of carbonyl (C=O) groups excluding carboxylic acids is 1. The summed E-state index contributed by atoms with van der Waals surface area (Å²) >= 11 is 0. The summed E-state index contributed by atoms with van der Waals surface area (Å²) in [6.45, 7) is 5.37. The number of amides is 1. The van der Waals surface area contributed by atoms with E-state index in [9.17, 15) is 18.0 Å². The number of nitrogens with zero attached hydrogens (tertiary/aromatic N) is 3. The highest BCUT2D eigenvalue weighted by atomic mass is 19.4. The summed E-state index contributed by atoms with van der Waals surface area (Å²) in [6.07, 6.45) is -0.524. The summed E-state index contributed by atoms with van der Waals surface area (Å²) in [5, 5.41) is 7.20. The second-order valence-electron chi connectivity index (χ2n) is 7.78. The summed E-state index contributed by atoms with van der Waals surface area (Å²) in [4.78, 5) is 14.7. The summed E-state index contributed by atoms with van der Waals surface area (Å²) in [5.74, 6) is 0.313. The van der Waals surface area contributed by atoms with Crippen LogP contribution in [0.15, 0.2) is 0 Å². The molecule has 0 spiro atoms. The van der Waals surface area contributed by atoms with Crippen LogP contribution in [-0.2, 0) is 19.4 Å². The molecule has 5 nitrogen and oxygen atoms in total. The molecule has 1 aliphatic heterocycles. The van der Waals surface area contributed by atoms with Crippen LogP contribution in [0, 0.1) is 5.92 Å². The number of carbonyl (C=O) groups is 1. The summed E-state index contributed by atoms with van der Waals surface area (Å²) in [6, 6.07) is -0.272. The molecular weight excluding hydrogens is 345 g/mol. The van der Waals surface area contributed by atoms with Gasteiger partial charge in [0, 0.05) is 36.9 Å². The van der Waals surface area contributed by atoms with Gasteiger partial charge >= 0.3 is 6.18 Å². The Hall–Kier alpha value is -1.57. The lowest BCUT2D eigenvalue weighted by Crippen LogP contribution is -2.41. The van der Waals surface area contributed by atoms with Crippen molar-refractivity contribution in [2.75, 3.05) is 19.6 Å². The standard InChI is InChI=1S/C18H27F3N4O/c1-12(2)10-25-15-6-5-13(22-11-18(19,20)21)9-14(15)16(23-25)17(26)24-7-3-4-8-24/h12-13,22H,3-11H2,1-2H3. The lowest BCUT2D eigenvalue weighted by atomic mass is 9.91. The van der Waals surface area contributed by atoms with Gasteiger partial charge in [-0.3, -0.25) is 9.48 Å². The molecule has 1 N–H and O–H groups in total. The Morgan fingerprint density at radius 1 is 1.31 bits per heavy atom. The van der Waals surface area contributed by atoms with Gasteiger partial charge in [-0.15, -0.1) is 0 Å². The highest BCUT2D eigenvalue weighted by Crippen LogP contribution is 2.28. The topological polar surface area (TPSA) is 50.2 Å².